The van der Waals surface area contributed by atoms with Crippen molar-refractivity contribution in [1.82, 2.24) is 5.32 Å². The number of Topliss-reactive ketones (excluding diaryl/α,β-unsaturated/α-hetero) is 1. The first-order chi connectivity index (χ1) is 14.0. The summed E-state index contributed by atoms with van der Waals surface area (Å²) in [5.41, 5.74) is 2.28. The Balaban J connectivity index is 1.64. The second-order valence-corrected chi connectivity index (χ2v) is 8.23. The first-order valence-corrected chi connectivity index (χ1v) is 10.1. The molecule has 4 atom stereocenters. The fourth-order valence-corrected chi connectivity index (χ4v) is 5.26. The van der Waals surface area contributed by atoms with Gasteiger partial charge in [0, 0.05) is 11.3 Å². The number of ketones is 1. The number of carbonyl (C=O) groups excluding carboxylic acids is 3. The van der Waals surface area contributed by atoms with E-state index in [1.807, 2.05) is 41.3 Å². The zero-order valence-corrected chi connectivity index (χ0v) is 17.0. The van der Waals surface area contributed by atoms with Crippen LogP contribution in [-0.4, -0.2) is 36.8 Å². The number of hydrogen-bond acceptors (Lipinski definition) is 5. The van der Waals surface area contributed by atoms with E-state index < -0.39 is 17.9 Å². The van der Waals surface area contributed by atoms with Gasteiger partial charge in [0.2, 0.25) is 11.8 Å². The standard InChI is InChI=1S/C22H17BrN2O4/c1-29-16-9-7-12(10-13(16)23)20(26)19-18-17(21(27)24-22(18)28)15-8-6-11-4-2-3-5-14(11)25(15)19/h2-10,15,17-19H,1H3,(H,24,27,28)/t15-,17-,18-,19+/m0/s1. The molecule has 2 aromatic rings. The van der Waals surface area contributed by atoms with Gasteiger partial charge < -0.3 is 9.64 Å². The van der Waals surface area contributed by atoms with Crippen LogP contribution in [0.3, 0.4) is 0 Å². The third-order valence-corrected chi connectivity index (χ3v) is 6.58. The lowest BCUT2D eigenvalue weighted by atomic mass is 9.86. The number of benzene rings is 2. The lowest BCUT2D eigenvalue weighted by Gasteiger charge is -2.35. The first kappa shape index (κ1) is 18.1. The molecule has 7 heteroatoms. The smallest absolute Gasteiger partial charge is 0.233 e. The molecular formula is C22H17BrN2O4. The Hall–Kier alpha value is -2.93. The molecule has 2 fully saturated rings. The SMILES string of the molecule is COc1ccc(C(=O)[C@H]2[C@H]3C(=O)NC(=O)[C@H]3[C@@H]3C=Cc4ccccc4N32)cc1Br. The lowest BCUT2D eigenvalue weighted by molar-refractivity contribution is -0.126. The van der Waals surface area contributed by atoms with Crippen LogP contribution >= 0.6 is 15.9 Å². The predicted octanol–water partition coefficient (Wildman–Crippen LogP) is 2.81. The number of nitrogens with zero attached hydrogens (tertiary/aromatic N) is 1. The zero-order chi connectivity index (χ0) is 20.3. The maximum Gasteiger partial charge on any atom is 0.233 e. The van der Waals surface area contributed by atoms with Gasteiger partial charge in [-0.25, -0.2) is 0 Å². The number of para-hydroxylation sites is 1. The number of nitrogens with one attached hydrogen (secondary N) is 1. The van der Waals surface area contributed by atoms with Crippen LogP contribution in [0.4, 0.5) is 5.69 Å². The number of methoxy groups -OCH3 is 1. The summed E-state index contributed by atoms with van der Waals surface area (Å²) < 4.78 is 5.91. The van der Waals surface area contributed by atoms with Crippen LogP contribution in [0, 0.1) is 11.8 Å². The molecule has 5 rings (SSSR count). The summed E-state index contributed by atoms with van der Waals surface area (Å²) in [4.78, 5) is 40.8. The zero-order valence-electron chi connectivity index (χ0n) is 15.5. The maximum absolute atomic E-state index is 13.6. The molecule has 2 saturated heterocycles. The van der Waals surface area contributed by atoms with Crippen molar-refractivity contribution in [1.29, 1.82) is 0 Å². The van der Waals surface area contributed by atoms with Gasteiger partial charge in [-0.1, -0.05) is 30.4 Å². The van der Waals surface area contributed by atoms with Gasteiger partial charge in [0.15, 0.2) is 5.78 Å². The molecule has 0 radical (unpaired) electrons. The molecule has 3 aliphatic heterocycles. The van der Waals surface area contributed by atoms with Gasteiger partial charge in [0.05, 0.1) is 29.5 Å². The van der Waals surface area contributed by atoms with Crippen molar-refractivity contribution in [2.75, 3.05) is 12.0 Å². The van der Waals surface area contributed by atoms with E-state index in [2.05, 4.69) is 21.2 Å². The molecule has 0 bridgehead atoms. The first-order valence-electron chi connectivity index (χ1n) is 9.29. The van der Waals surface area contributed by atoms with Crippen molar-refractivity contribution >= 4 is 45.3 Å². The average molecular weight is 453 g/mol. The predicted molar refractivity (Wildman–Crippen MR) is 111 cm³/mol. The molecular weight excluding hydrogens is 436 g/mol. The highest BCUT2D eigenvalue weighted by atomic mass is 79.9. The van der Waals surface area contributed by atoms with Crippen LogP contribution < -0.4 is 15.0 Å². The molecule has 0 spiro atoms. The molecule has 0 unspecified atom stereocenters. The van der Waals surface area contributed by atoms with Gasteiger partial charge in [-0.2, -0.15) is 0 Å². The highest BCUT2D eigenvalue weighted by Crippen LogP contribution is 2.47. The summed E-state index contributed by atoms with van der Waals surface area (Å²) in [5, 5.41) is 2.42. The normalized spacial score (nSPS) is 26.6. The van der Waals surface area contributed by atoms with Crippen LogP contribution in [-0.2, 0) is 9.59 Å². The van der Waals surface area contributed by atoms with Gasteiger partial charge >= 0.3 is 0 Å². The number of imide groups is 1. The Morgan fingerprint density at radius 2 is 1.86 bits per heavy atom. The summed E-state index contributed by atoms with van der Waals surface area (Å²) >= 11 is 3.42. The number of amides is 2. The fraction of sp³-hybridized carbons (Fsp3) is 0.227. The number of ether oxygens (including phenoxy) is 1. The Bertz CT molecular complexity index is 1100. The molecule has 0 aliphatic carbocycles. The molecule has 3 aliphatic rings. The van der Waals surface area contributed by atoms with E-state index in [0.29, 0.717) is 15.8 Å². The number of anilines is 1. The molecule has 1 N–H and O–H groups in total. The Kier molecular flexibility index (Phi) is 4.10. The van der Waals surface area contributed by atoms with Crippen molar-refractivity contribution in [3.63, 3.8) is 0 Å². The van der Waals surface area contributed by atoms with E-state index in [-0.39, 0.29) is 23.6 Å². The van der Waals surface area contributed by atoms with Crippen LogP contribution in [0.15, 0.2) is 53.0 Å². The third-order valence-electron chi connectivity index (χ3n) is 5.96. The Morgan fingerprint density at radius 3 is 2.62 bits per heavy atom. The molecule has 0 saturated carbocycles. The summed E-state index contributed by atoms with van der Waals surface area (Å²) in [6, 6.07) is 11.7. The van der Waals surface area contributed by atoms with E-state index in [1.54, 1.807) is 25.3 Å². The van der Waals surface area contributed by atoms with Gasteiger partial charge in [-0.15, -0.1) is 0 Å². The Morgan fingerprint density at radius 1 is 1.10 bits per heavy atom. The van der Waals surface area contributed by atoms with Crippen LogP contribution in [0.5, 0.6) is 5.75 Å². The van der Waals surface area contributed by atoms with Gasteiger partial charge in [-0.3, -0.25) is 19.7 Å². The summed E-state index contributed by atoms with van der Waals surface area (Å²) in [7, 11) is 1.55. The molecule has 0 aromatic heterocycles. The van der Waals surface area contributed by atoms with Crippen molar-refractivity contribution in [2.45, 2.75) is 12.1 Å². The van der Waals surface area contributed by atoms with E-state index in [0.717, 1.165) is 11.3 Å². The van der Waals surface area contributed by atoms with E-state index in [4.69, 9.17) is 4.74 Å². The molecule has 3 heterocycles. The van der Waals surface area contributed by atoms with Gasteiger partial charge in [0.25, 0.3) is 0 Å². The van der Waals surface area contributed by atoms with E-state index in [1.165, 1.54) is 0 Å². The van der Waals surface area contributed by atoms with Crippen molar-refractivity contribution in [3.8, 4) is 5.75 Å². The van der Waals surface area contributed by atoms with Gasteiger partial charge in [-0.05, 0) is 45.8 Å². The second kappa shape index (κ2) is 6.56. The van der Waals surface area contributed by atoms with E-state index in [9.17, 15) is 14.4 Å². The van der Waals surface area contributed by atoms with Crippen molar-refractivity contribution in [2.24, 2.45) is 11.8 Å². The van der Waals surface area contributed by atoms with Crippen LogP contribution in [0.2, 0.25) is 0 Å². The topological polar surface area (TPSA) is 75.7 Å². The number of carbonyl (C=O) groups is 3. The van der Waals surface area contributed by atoms with Crippen LogP contribution in [0.25, 0.3) is 6.08 Å². The minimum atomic E-state index is -0.761. The second-order valence-electron chi connectivity index (χ2n) is 7.38. The third kappa shape index (κ3) is 2.57. The van der Waals surface area contributed by atoms with Gasteiger partial charge in [0.1, 0.15) is 11.8 Å². The minimum Gasteiger partial charge on any atom is -0.496 e. The minimum absolute atomic E-state index is 0.194. The lowest BCUT2D eigenvalue weighted by Crippen LogP contribution is -2.47. The number of fused-ring (bicyclic) bond motifs is 5. The summed E-state index contributed by atoms with van der Waals surface area (Å²) in [6.07, 6.45) is 3.88. The summed E-state index contributed by atoms with van der Waals surface area (Å²) in [5.74, 6) is -1.58. The molecule has 2 aromatic carbocycles. The van der Waals surface area contributed by atoms with Crippen LogP contribution in [0.1, 0.15) is 15.9 Å². The highest BCUT2D eigenvalue weighted by Gasteiger charge is 2.61. The van der Waals surface area contributed by atoms with E-state index >= 15 is 0 Å². The monoisotopic (exact) mass is 452 g/mol. The average Bonchev–Trinajstić information content (AvgIpc) is 3.22. The van der Waals surface area contributed by atoms with Crippen molar-refractivity contribution in [3.05, 3.63) is 64.1 Å². The molecule has 2 amide bonds. The Labute approximate surface area is 175 Å². The molecule has 146 valence electrons. The molecule has 29 heavy (non-hydrogen) atoms. The fourth-order valence-electron chi connectivity index (χ4n) is 4.72. The quantitative estimate of drug-likeness (QED) is 0.572. The largest absolute Gasteiger partial charge is 0.496 e. The maximum atomic E-state index is 13.6. The molecule has 6 nitrogen and oxygen atoms in total. The number of hydrogen-bond donors (Lipinski definition) is 1. The van der Waals surface area contributed by atoms with Crippen molar-refractivity contribution < 1.29 is 19.1 Å². The number of halogens is 1. The number of rotatable bonds is 3. The summed E-state index contributed by atoms with van der Waals surface area (Å²) in [6.45, 7) is 0. The highest BCUT2D eigenvalue weighted by molar-refractivity contribution is 9.10.